The van der Waals surface area contributed by atoms with Crippen molar-refractivity contribution in [2.75, 3.05) is 121 Å². The topological polar surface area (TPSA) is 222 Å². The number of piperazine rings is 1. The predicted molar refractivity (Wildman–Crippen MR) is 192 cm³/mol. The van der Waals surface area contributed by atoms with Crippen LogP contribution in [-0.4, -0.2) is 132 Å². The Morgan fingerprint density at radius 3 is 1.92 bits per heavy atom. The molecule has 3 aromatic rings. The first-order valence-electron chi connectivity index (χ1n) is 16.9. The molecular formula is C33H46N12O6. The molecule has 0 bridgehead atoms. The Morgan fingerprint density at radius 1 is 0.725 bits per heavy atom. The first-order valence-corrected chi connectivity index (χ1v) is 16.9. The molecule has 1 fully saturated rings. The van der Waals surface area contributed by atoms with Gasteiger partial charge in [-0.15, -0.1) is 0 Å². The van der Waals surface area contributed by atoms with Crippen molar-refractivity contribution in [3.63, 3.8) is 0 Å². The van der Waals surface area contributed by atoms with Gasteiger partial charge in [-0.25, -0.2) is 0 Å². The SMILES string of the molecule is [N-]=[N+]=NCCOCCOCCNC(=O)c1ccc(Nc2nc(NCCOCCOCCNC(=O)c3ccccc3)nc(N3CCNCC3)n2)cc1. The van der Waals surface area contributed by atoms with Crippen molar-refractivity contribution in [2.24, 2.45) is 5.11 Å². The Morgan fingerprint density at radius 2 is 1.29 bits per heavy atom. The molecule has 1 aliphatic heterocycles. The maximum absolute atomic E-state index is 12.6. The second kappa shape index (κ2) is 23.3. The molecule has 51 heavy (non-hydrogen) atoms. The van der Waals surface area contributed by atoms with E-state index in [1.165, 1.54) is 0 Å². The second-order valence-electron chi connectivity index (χ2n) is 10.9. The van der Waals surface area contributed by atoms with Gasteiger partial charge in [-0.2, -0.15) is 15.0 Å². The maximum atomic E-state index is 12.6. The molecule has 0 unspecified atom stereocenters. The van der Waals surface area contributed by atoms with Crippen molar-refractivity contribution in [2.45, 2.75) is 0 Å². The summed E-state index contributed by atoms with van der Waals surface area (Å²) in [6, 6.07) is 16.1. The monoisotopic (exact) mass is 706 g/mol. The highest BCUT2D eigenvalue weighted by Gasteiger charge is 2.16. The number of benzene rings is 2. The van der Waals surface area contributed by atoms with Crippen LogP contribution in [0, 0.1) is 0 Å². The molecule has 1 saturated heterocycles. The van der Waals surface area contributed by atoms with Gasteiger partial charge in [0, 0.05) is 74.1 Å². The normalized spacial score (nSPS) is 12.5. The molecule has 18 nitrogen and oxygen atoms in total. The first-order chi connectivity index (χ1) is 25.1. The number of amides is 2. The summed E-state index contributed by atoms with van der Waals surface area (Å²) in [5, 5.41) is 18.8. The maximum Gasteiger partial charge on any atom is 0.251 e. The van der Waals surface area contributed by atoms with Crippen molar-refractivity contribution in [1.29, 1.82) is 0 Å². The number of carbonyl (C=O) groups excluding carboxylic acids is 2. The number of hydrogen-bond donors (Lipinski definition) is 5. The van der Waals surface area contributed by atoms with Gasteiger partial charge in [-0.3, -0.25) is 9.59 Å². The van der Waals surface area contributed by atoms with Crippen LogP contribution in [0.4, 0.5) is 23.5 Å². The third kappa shape index (κ3) is 15.1. The van der Waals surface area contributed by atoms with E-state index in [9.17, 15) is 9.59 Å². The average Bonchev–Trinajstić information content (AvgIpc) is 3.17. The van der Waals surface area contributed by atoms with Crippen LogP contribution in [0.2, 0.25) is 0 Å². The van der Waals surface area contributed by atoms with Crippen LogP contribution in [0.3, 0.4) is 0 Å². The number of anilines is 4. The van der Waals surface area contributed by atoms with Crippen molar-refractivity contribution in [3.05, 3.63) is 76.2 Å². The minimum Gasteiger partial charge on any atom is -0.379 e. The highest BCUT2D eigenvalue weighted by molar-refractivity contribution is 5.94. The molecule has 18 heteroatoms. The molecule has 2 amide bonds. The van der Waals surface area contributed by atoms with Crippen LogP contribution in [0.5, 0.6) is 0 Å². The summed E-state index contributed by atoms with van der Waals surface area (Å²) < 4.78 is 21.9. The Kier molecular flexibility index (Phi) is 17.7. The fraction of sp³-hybridized carbons (Fsp3) is 0.485. The molecule has 1 aliphatic rings. The van der Waals surface area contributed by atoms with E-state index in [-0.39, 0.29) is 18.4 Å². The van der Waals surface area contributed by atoms with E-state index in [0.717, 1.165) is 26.2 Å². The van der Waals surface area contributed by atoms with Gasteiger partial charge in [0.2, 0.25) is 17.8 Å². The molecule has 4 rings (SSSR count). The zero-order valence-electron chi connectivity index (χ0n) is 28.6. The standard InChI is InChI=1S/C33H46N12O6/c34-44-39-15-21-51-25-24-49-19-13-37-30(47)27-6-8-28(9-7-27)40-32-41-31(42-33(43-32)45-16-10-35-11-17-45)38-14-20-50-23-22-48-18-12-36-29(46)26-4-2-1-3-5-26/h1-9,35H,10-25H2,(H,36,46)(H,37,47)(H2,38,40,41,42,43). The molecule has 0 radical (unpaired) electrons. The third-order valence-electron chi connectivity index (χ3n) is 7.20. The lowest BCUT2D eigenvalue weighted by atomic mass is 10.2. The lowest BCUT2D eigenvalue weighted by molar-refractivity contribution is 0.0511. The highest BCUT2D eigenvalue weighted by Crippen LogP contribution is 2.19. The van der Waals surface area contributed by atoms with E-state index in [0.29, 0.717) is 107 Å². The minimum atomic E-state index is -0.218. The molecule has 0 saturated carbocycles. The number of azide groups is 1. The lowest BCUT2D eigenvalue weighted by Gasteiger charge is -2.27. The van der Waals surface area contributed by atoms with Crippen LogP contribution in [0.1, 0.15) is 20.7 Å². The molecule has 0 atom stereocenters. The van der Waals surface area contributed by atoms with Gasteiger partial charge in [0.15, 0.2) is 0 Å². The summed E-state index contributed by atoms with van der Waals surface area (Å²) in [4.78, 5) is 43.2. The predicted octanol–water partition coefficient (Wildman–Crippen LogP) is 1.97. The Labute approximate surface area is 296 Å². The van der Waals surface area contributed by atoms with Crippen LogP contribution < -0.4 is 31.5 Å². The summed E-state index contributed by atoms with van der Waals surface area (Å²) in [7, 11) is 0. The number of carbonyl (C=O) groups is 2. The van der Waals surface area contributed by atoms with E-state index in [1.54, 1.807) is 36.4 Å². The van der Waals surface area contributed by atoms with Crippen LogP contribution >= 0.6 is 0 Å². The Hall–Kier alpha value is -5.10. The molecule has 274 valence electrons. The molecule has 2 heterocycles. The summed E-state index contributed by atoms with van der Waals surface area (Å²) in [6.07, 6.45) is 0. The van der Waals surface area contributed by atoms with Gasteiger partial charge in [-0.05, 0) is 41.9 Å². The van der Waals surface area contributed by atoms with Crippen LogP contribution in [0.25, 0.3) is 10.4 Å². The number of aromatic nitrogens is 3. The average molecular weight is 707 g/mol. The van der Waals surface area contributed by atoms with E-state index in [2.05, 4.69) is 56.5 Å². The molecule has 0 aliphatic carbocycles. The van der Waals surface area contributed by atoms with E-state index in [1.807, 2.05) is 18.2 Å². The van der Waals surface area contributed by atoms with Crippen molar-refractivity contribution in [1.82, 2.24) is 30.9 Å². The summed E-state index contributed by atoms with van der Waals surface area (Å²) >= 11 is 0. The summed E-state index contributed by atoms with van der Waals surface area (Å²) in [5.74, 6) is 0.988. The van der Waals surface area contributed by atoms with Gasteiger partial charge in [0.1, 0.15) is 0 Å². The number of ether oxygens (including phenoxy) is 4. The zero-order valence-corrected chi connectivity index (χ0v) is 28.6. The molecule has 5 N–H and O–H groups in total. The zero-order chi connectivity index (χ0) is 35.8. The third-order valence-corrected chi connectivity index (χ3v) is 7.20. The van der Waals surface area contributed by atoms with Gasteiger partial charge >= 0.3 is 0 Å². The molecule has 0 spiro atoms. The van der Waals surface area contributed by atoms with Crippen molar-refractivity contribution in [3.8, 4) is 0 Å². The molecule has 2 aromatic carbocycles. The largest absolute Gasteiger partial charge is 0.379 e. The molecular weight excluding hydrogens is 660 g/mol. The van der Waals surface area contributed by atoms with Crippen LogP contribution in [-0.2, 0) is 18.9 Å². The second-order valence-corrected chi connectivity index (χ2v) is 10.9. The van der Waals surface area contributed by atoms with Crippen molar-refractivity contribution >= 4 is 35.3 Å². The smallest absolute Gasteiger partial charge is 0.251 e. The number of nitrogens with one attached hydrogen (secondary N) is 5. The van der Waals surface area contributed by atoms with Gasteiger partial charge in [0.05, 0.1) is 52.9 Å². The quantitative estimate of drug-likeness (QED) is 0.0390. The summed E-state index contributed by atoms with van der Waals surface area (Å²) in [6.45, 7) is 7.76. The fourth-order valence-corrected chi connectivity index (χ4v) is 4.64. The molecule has 1 aromatic heterocycles. The van der Waals surface area contributed by atoms with E-state index >= 15 is 0 Å². The fourth-order valence-electron chi connectivity index (χ4n) is 4.64. The van der Waals surface area contributed by atoms with Gasteiger partial charge < -0.3 is 50.4 Å². The van der Waals surface area contributed by atoms with E-state index < -0.39 is 0 Å². The van der Waals surface area contributed by atoms with E-state index in [4.69, 9.17) is 24.5 Å². The number of nitrogens with zero attached hydrogens (tertiary/aromatic N) is 7. The Balaban J connectivity index is 1.16. The minimum absolute atomic E-state index is 0.129. The highest BCUT2D eigenvalue weighted by atomic mass is 16.5. The first kappa shape index (κ1) is 38.7. The van der Waals surface area contributed by atoms with Crippen LogP contribution in [0.15, 0.2) is 59.7 Å². The van der Waals surface area contributed by atoms with Crippen molar-refractivity contribution < 1.29 is 28.5 Å². The number of rotatable bonds is 24. The lowest BCUT2D eigenvalue weighted by Crippen LogP contribution is -2.44. The van der Waals surface area contributed by atoms with Gasteiger partial charge in [-0.1, -0.05) is 23.3 Å². The Bertz CT molecular complexity index is 1510. The number of hydrogen-bond acceptors (Lipinski definition) is 14. The summed E-state index contributed by atoms with van der Waals surface area (Å²) in [5.41, 5.74) is 10.1. The van der Waals surface area contributed by atoms with Gasteiger partial charge in [0.25, 0.3) is 11.8 Å².